The van der Waals surface area contributed by atoms with Gasteiger partial charge in [0.1, 0.15) is 5.54 Å². The molecule has 0 unspecified atom stereocenters. The number of amidine groups is 1. The Morgan fingerprint density at radius 1 is 1.33 bits per heavy atom. The van der Waals surface area contributed by atoms with Crippen molar-refractivity contribution in [3.8, 4) is 0 Å². The molecule has 1 heterocycles. The highest BCUT2D eigenvalue weighted by molar-refractivity contribution is 5.76. The van der Waals surface area contributed by atoms with Gasteiger partial charge in [-0.25, -0.2) is 0 Å². The monoisotopic (exact) mass is 171 g/mol. The van der Waals surface area contributed by atoms with Crippen LogP contribution >= 0.6 is 0 Å². The number of nitrogens with zero attached hydrogens (tertiary/aromatic N) is 2. The zero-order valence-corrected chi connectivity index (χ0v) is 8.21. The molecular weight excluding hydrogens is 156 g/mol. The van der Waals surface area contributed by atoms with Gasteiger partial charge in [-0.3, -0.25) is 4.74 Å². The van der Waals surface area contributed by atoms with Crippen LogP contribution in [0.15, 0.2) is 0 Å². The molecule has 0 aromatic rings. The van der Waals surface area contributed by atoms with Crippen molar-refractivity contribution >= 4 is 5.84 Å². The van der Waals surface area contributed by atoms with Gasteiger partial charge in [0.2, 0.25) is 0 Å². The van der Waals surface area contributed by atoms with Crippen molar-refractivity contribution in [2.45, 2.75) is 45.7 Å². The van der Waals surface area contributed by atoms with Gasteiger partial charge < -0.3 is 5.21 Å². The molecule has 4 nitrogen and oxygen atoms in total. The third kappa shape index (κ3) is 0.784. The fourth-order valence-corrected chi connectivity index (χ4v) is 1.39. The van der Waals surface area contributed by atoms with Gasteiger partial charge in [-0.2, -0.15) is 0 Å². The topological polar surface area (TPSA) is 49.2 Å². The fraction of sp³-hybridized carbons (Fsp3) is 0.875. The molecule has 1 rings (SSSR count). The molecule has 0 saturated carbocycles. The van der Waals surface area contributed by atoms with Crippen molar-refractivity contribution < 1.29 is 9.95 Å². The smallest absolute Gasteiger partial charge is 0.281 e. The molecule has 0 aliphatic carbocycles. The minimum absolute atomic E-state index is 0.241. The van der Waals surface area contributed by atoms with E-state index in [1.54, 1.807) is 34.6 Å². The number of rotatable bonds is 0. The van der Waals surface area contributed by atoms with Gasteiger partial charge >= 0.3 is 0 Å². The van der Waals surface area contributed by atoms with Gasteiger partial charge in [-0.15, -0.1) is 0 Å². The second-order valence-electron chi connectivity index (χ2n) is 4.25. The van der Waals surface area contributed by atoms with E-state index in [0.717, 1.165) is 9.80 Å². The van der Waals surface area contributed by atoms with Crippen molar-refractivity contribution in [3.63, 3.8) is 0 Å². The molecule has 1 aliphatic rings. The molecule has 0 fully saturated rings. The highest BCUT2D eigenvalue weighted by atomic mass is 16.5. The van der Waals surface area contributed by atoms with Crippen LogP contribution in [0, 0.1) is 5.21 Å². The van der Waals surface area contributed by atoms with Crippen LogP contribution in [0.1, 0.15) is 34.6 Å². The van der Waals surface area contributed by atoms with E-state index in [1.165, 1.54) is 0 Å². The van der Waals surface area contributed by atoms with Gasteiger partial charge in [0.25, 0.3) is 5.84 Å². The van der Waals surface area contributed by atoms with E-state index >= 15 is 0 Å². The van der Waals surface area contributed by atoms with E-state index in [9.17, 15) is 10.4 Å². The minimum Gasteiger partial charge on any atom is -0.715 e. The van der Waals surface area contributed by atoms with E-state index in [2.05, 4.69) is 0 Å². The second kappa shape index (κ2) is 2.13. The number of hydroxylamine groups is 3. The van der Waals surface area contributed by atoms with Gasteiger partial charge in [-0.1, -0.05) is 5.06 Å². The molecule has 0 saturated heterocycles. The molecule has 0 amide bonds. The third-order valence-electron chi connectivity index (χ3n) is 3.10. The molecular formula is C8H15N2O2. The lowest BCUT2D eigenvalue weighted by Crippen LogP contribution is -2.53. The van der Waals surface area contributed by atoms with Crippen molar-refractivity contribution in [1.29, 1.82) is 0 Å². The summed E-state index contributed by atoms with van der Waals surface area (Å²) < 4.78 is 0.792. The van der Waals surface area contributed by atoms with Crippen LogP contribution in [0.2, 0.25) is 0 Å². The predicted octanol–water partition coefficient (Wildman–Crippen LogP) is 1.13. The summed E-state index contributed by atoms with van der Waals surface area (Å²) in [5.74, 6) is 0.241. The molecule has 0 aromatic carbocycles. The van der Waals surface area contributed by atoms with E-state index in [0.29, 0.717) is 0 Å². The molecule has 69 valence electrons. The average molecular weight is 171 g/mol. The quantitative estimate of drug-likeness (QED) is 0.405. The van der Waals surface area contributed by atoms with Crippen molar-refractivity contribution in [3.05, 3.63) is 5.21 Å². The Balaban J connectivity index is 3.22. The molecule has 0 spiro atoms. The van der Waals surface area contributed by atoms with Crippen LogP contribution in [-0.2, 0) is 5.21 Å². The highest BCUT2D eigenvalue weighted by Gasteiger charge is 2.58. The zero-order chi connectivity index (χ0) is 9.73. The van der Waals surface area contributed by atoms with Crippen LogP contribution in [-0.4, -0.2) is 26.7 Å². The minimum atomic E-state index is -0.654. The first-order valence-corrected chi connectivity index (χ1v) is 4.01. The van der Waals surface area contributed by atoms with Crippen LogP contribution in [0.4, 0.5) is 0 Å². The highest BCUT2D eigenvalue weighted by Crippen LogP contribution is 2.35. The SMILES string of the molecule is CC1=[N+]([O-])C(C)(C)C(C)(C)N1[O]. The fourth-order valence-electron chi connectivity index (χ4n) is 1.39. The standard InChI is InChI=1S/C8H15N2O2/c1-6-9(11)7(2,3)8(4,5)10(6)12/h1-5H3. The lowest BCUT2D eigenvalue weighted by atomic mass is 9.84. The van der Waals surface area contributed by atoms with Gasteiger partial charge in [0.15, 0.2) is 5.54 Å². The number of hydrogen-bond donors (Lipinski definition) is 0. The number of hydrogen-bond acceptors (Lipinski definition) is 2. The summed E-state index contributed by atoms with van der Waals surface area (Å²) in [7, 11) is 0. The summed E-state index contributed by atoms with van der Waals surface area (Å²) in [6.07, 6.45) is 0. The molecule has 0 N–H and O–H groups in total. The maximum Gasteiger partial charge on any atom is 0.281 e. The molecule has 1 radical (unpaired) electrons. The van der Waals surface area contributed by atoms with Crippen LogP contribution < -0.4 is 0 Å². The van der Waals surface area contributed by atoms with Gasteiger partial charge in [0, 0.05) is 12.1 Å². The molecule has 0 aromatic heterocycles. The van der Waals surface area contributed by atoms with E-state index < -0.39 is 11.1 Å². The summed E-state index contributed by atoms with van der Waals surface area (Å²) in [6.45, 7) is 8.67. The van der Waals surface area contributed by atoms with E-state index in [4.69, 9.17) is 0 Å². The summed E-state index contributed by atoms with van der Waals surface area (Å²) in [5, 5.41) is 23.8. The molecule has 0 bridgehead atoms. The Morgan fingerprint density at radius 2 is 1.75 bits per heavy atom. The first kappa shape index (κ1) is 9.32. The summed E-state index contributed by atoms with van der Waals surface area (Å²) in [6, 6.07) is 0. The molecule has 1 aliphatic heterocycles. The predicted molar refractivity (Wildman–Crippen MR) is 45.0 cm³/mol. The first-order valence-electron chi connectivity index (χ1n) is 4.01. The van der Waals surface area contributed by atoms with Crippen molar-refractivity contribution in [2.75, 3.05) is 0 Å². The van der Waals surface area contributed by atoms with Crippen molar-refractivity contribution in [1.82, 2.24) is 5.06 Å². The normalized spacial score (nSPS) is 26.7. The molecule has 12 heavy (non-hydrogen) atoms. The van der Waals surface area contributed by atoms with Gasteiger partial charge in [-0.05, 0) is 27.7 Å². The maximum absolute atomic E-state index is 11.5. The lowest BCUT2D eigenvalue weighted by Gasteiger charge is -2.32. The molecule has 0 atom stereocenters. The average Bonchev–Trinajstić information content (AvgIpc) is 2.05. The summed E-state index contributed by atoms with van der Waals surface area (Å²) >= 11 is 0. The van der Waals surface area contributed by atoms with Crippen LogP contribution in [0.5, 0.6) is 0 Å². The Labute approximate surface area is 72.6 Å². The third-order valence-corrected chi connectivity index (χ3v) is 3.10. The van der Waals surface area contributed by atoms with Crippen LogP contribution in [0.25, 0.3) is 0 Å². The van der Waals surface area contributed by atoms with E-state index in [-0.39, 0.29) is 5.84 Å². The zero-order valence-electron chi connectivity index (χ0n) is 8.21. The summed E-state index contributed by atoms with van der Waals surface area (Å²) in [5.41, 5.74) is -1.31. The first-order chi connectivity index (χ1) is 5.23. The largest absolute Gasteiger partial charge is 0.715 e. The maximum atomic E-state index is 11.5. The summed E-state index contributed by atoms with van der Waals surface area (Å²) in [4.78, 5) is 0. The Kier molecular flexibility index (Phi) is 1.65. The van der Waals surface area contributed by atoms with Crippen molar-refractivity contribution in [2.24, 2.45) is 0 Å². The Hall–Kier alpha value is -0.770. The Bertz CT molecular complexity index is 243. The second-order valence-corrected chi connectivity index (χ2v) is 4.25. The molecule has 4 heteroatoms. The van der Waals surface area contributed by atoms with Gasteiger partial charge in [0.05, 0.1) is 0 Å². The van der Waals surface area contributed by atoms with Crippen LogP contribution in [0.3, 0.4) is 0 Å². The van der Waals surface area contributed by atoms with E-state index in [1.807, 2.05) is 0 Å². The lowest BCUT2D eigenvalue weighted by molar-refractivity contribution is -0.540. The Morgan fingerprint density at radius 3 is 1.83 bits per heavy atom.